The summed E-state index contributed by atoms with van der Waals surface area (Å²) in [5.74, 6) is -0.507. The number of aryl methyl sites for hydroxylation is 1. The van der Waals surface area contributed by atoms with Crippen molar-refractivity contribution in [2.24, 2.45) is 12.8 Å². The van der Waals surface area contributed by atoms with E-state index in [9.17, 15) is 9.59 Å². The number of aromatic nitrogens is 3. The van der Waals surface area contributed by atoms with Gasteiger partial charge in [0.2, 0.25) is 0 Å². The Morgan fingerprint density at radius 1 is 1.37 bits per heavy atom. The van der Waals surface area contributed by atoms with Crippen LogP contribution in [-0.2, 0) is 13.6 Å². The Hall–Kier alpha value is -2.54. The average Bonchev–Trinajstić information content (AvgIpc) is 2.89. The molecule has 0 aliphatic rings. The van der Waals surface area contributed by atoms with Gasteiger partial charge in [0, 0.05) is 19.2 Å². The first-order valence-corrected chi connectivity index (χ1v) is 5.71. The predicted octanol–water partition coefficient (Wildman–Crippen LogP) is 0.274. The molecule has 0 fully saturated rings. The molecule has 0 saturated heterocycles. The molecule has 2 aromatic heterocycles. The summed E-state index contributed by atoms with van der Waals surface area (Å²) >= 11 is 0. The van der Waals surface area contributed by atoms with Gasteiger partial charge in [0.25, 0.3) is 5.56 Å². The minimum Gasteiger partial charge on any atom is -0.408 e. The Kier molecular flexibility index (Phi) is 2.42. The first kappa shape index (κ1) is 11.5. The smallest absolute Gasteiger partial charge is 0.408 e. The standard InChI is InChI=1S/C12H12N4O3/c1-16-11(17)7(5-13)10(15-16)6-2-3-9-8(4-6)14-12(18)19-9/h2-4,15H,5,13H2,1H3,(H,14,18). The summed E-state index contributed by atoms with van der Waals surface area (Å²) in [7, 11) is 1.63. The van der Waals surface area contributed by atoms with Crippen molar-refractivity contribution in [3.8, 4) is 11.3 Å². The summed E-state index contributed by atoms with van der Waals surface area (Å²) in [5, 5.41) is 2.95. The van der Waals surface area contributed by atoms with E-state index < -0.39 is 5.76 Å². The summed E-state index contributed by atoms with van der Waals surface area (Å²) in [5.41, 5.74) is 8.43. The Bertz CT molecular complexity index is 865. The van der Waals surface area contributed by atoms with E-state index >= 15 is 0 Å². The molecule has 0 unspecified atom stereocenters. The number of benzene rings is 1. The van der Waals surface area contributed by atoms with Crippen molar-refractivity contribution in [2.75, 3.05) is 0 Å². The average molecular weight is 260 g/mol. The lowest BCUT2D eigenvalue weighted by atomic mass is 10.1. The van der Waals surface area contributed by atoms with Crippen molar-refractivity contribution in [1.82, 2.24) is 14.8 Å². The molecule has 0 spiro atoms. The molecule has 3 aromatic rings. The lowest BCUT2D eigenvalue weighted by Crippen LogP contribution is -2.17. The van der Waals surface area contributed by atoms with E-state index in [1.54, 1.807) is 25.2 Å². The summed E-state index contributed by atoms with van der Waals surface area (Å²) in [4.78, 5) is 25.5. The molecule has 7 nitrogen and oxygen atoms in total. The number of aromatic amines is 2. The fourth-order valence-corrected chi connectivity index (χ4v) is 2.13. The fraction of sp³-hybridized carbons (Fsp3) is 0.167. The van der Waals surface area contributed by atoms with Crippen LogP contribution in [0.5, 0.6) is 0 Å². The van der Waals surface area contributed by atoms with Gasteiger partial charge in [0.1, 0.15) is 0 Å². The van der Waals surface area contributed by atoms with E-state index in [-0.39, 0.29) is 12.1 Å². The number of nitrogens with one attached hydrogen (secondary N) is 2. The number of oxazole rings is 1. The van der Waals surface area contributed by atoms with E-state index in [2.05, 4.69) is 10.1 Å². The van der Waals surface area contributed by atoms with Crippen LogP contribution >= 0.6 is 0 Å². The Labute approximate surface area is 106 Å². The maximum Gasteiger partial charge on any atom is 0.417 e. The molecular weight excluding hydrogens is 248 g/mol. The van der Waals surface area contributed by atoms with Crippen molar-refractivity contribution in [3.63, 3.8) is 0 Å². The number of nitrogens with two attached hydrogens (primary N) is 1. The zero-order chi connectivity index (χ0) is 13.6. The monoisotopic (exact) mass is 260 g/mol. The Morgan fingerprint density at radius 2 is 2.16 bits per heavy atom. The van der Waals surface area contributed by atoms with Gasteiger partial charge < -0.3 is 10.2 Å². The largest absolute Gasteiger partial charge is 0.417 e. The number of hydrogen-bond donors (Lipinski definition) is 3. The first-order chi connectivity index (χ1) is 9.10. The van der Waals surface area contributed by atoms with Crippen molar-refractivity contribution in [2.45, 2.75) is 6.54 Å². The highest BCUT2D eigenvalue weighted by Crippen LogP contribution is 2.22. The Morgan fingerprint density at radius 3 is 2.89 bits per heavy atom. The van der Waals surface area contributed by atoms with Gasteiger partial charge in [0.05, 0.1) is 16.8 Å². The van der Waals surface area contributed by atoms with E-state index in [4.69, 9.17) is 10.2 Å². The van der Waals surface area contributed by atoms with E-state index in [0.29, 0.717) is 22.4 Å². The summed E-state index contributed by atoms with van der Waals surface area (Å²) in [6.45, 7) is 0.144. The van der Waals surface area contributed by atoms with Crippen LogP contribution in [0.3, 0.4) is 0 Å². The SMILES string of the molecule is Cn1[nH]c(-c2ccc3oc(=O)[nH]c3c2)c(CN)c1=O. The number of fused-ring (bicyclic) bond motifs is 1. The molecule has 98 valence electrons. The second kappa shape index (κ2) is 3.99. The highest BCUT2D eigenvalue weighted by Gasteiger charge is 2.13. The normalized spacial score (nSPS) is 11.3. The van der Waals surface area contributed by atoms with Crippen LogP contribution in [0.25, 0.3) is 22.4 Å². The van der Waals surface area contributed by atoms with Crippen molar-refractivity contribution >= 4 is 11.1 Å². The van der Waals surface area contributed by atoms with Gasteiger partial charge in [-0.1, -0.05) is 0 Å². The van der Waals surface area contributed by atoms with Crippen LogP contribution in [0.15, 0.2) is 32.2 Å². The van der Waals surface area contributed by atoms with Crippen molar-refractivity contribution in [1.29, 1.82) is 0 Å². The lowest BCUT2D eigenvalue weighted by molar-refractivity contribution is 0.555. The van der Waals surface area contributed by atoms with Crippen LogP contribution in [0.2, 0.25) is 0 Å². The van der Waals surface area contributed by atoms with Crippen LogP contribution in [0, 0.1) is 0 Å². The molecule has 0 aliphatic heterocycles. The quantitative estimate of drug-likeness (QED) is 0.614. The second-order valence-corrected chi connectivity index (χ2v) is 4.26. The minimum atomic E-state index is -0.507. The number of nitrogens with zero attached hydrogens (tertiary/aromatic N) is 1. The molecule has 0 atom stereocenters. The van der Waals surface area contributed by atoms with Gasteiger partial charge >= 0.3 is 5.76 Å². The molecule has 0 saturated carbocycles. The maximum absolute atomic E-state index is 11.8. The van der Waals surface area contributed by atoms with Gasteiger partial charge in [-0.05, 0) is 18.2 Å². The predicted molar refractivity (Wildman–Crippen MR) is 69.8 cm³/mol. The Balaban J connectivity index is 2.26. The van der Waals surface area contributed by atoms with E-state index in [0.717, 1.165) is 5.56 Å². The molecule has 1 aromatic carbocycles. The molecule has 4 N–H and O–H groups in total. The summed E-state index contributed by atoms with van der Waals surface area (Å²) < 4.78 is 6.31. The van der Waals surface area contributed by atoms with Gasteiger partial charge in [-0.3, -0.25) is 19.6 Å². The van der Waals surface area contributed by atoms with Gasteiger partial charge in [-0.25, -0.2) is 4.79 Å². The molecule has 0 aliphatic carbocycles. The lowest BCUT2D eigenvalue weighted by Gasteiger charge is -2.00. The van der Waals surface area contributed by atoms with Crippen LogP contribution in [0.1, 0.15) is 5.56 Å². The molecular formula is C12H12N4O3. The third-order valence-electron chi connectivity index (χ3n) is 3.06. The molecule has 3 rings (SSSR count). The summed E-state index contributed by atoms with van der Waals surface area (Å²) in [6.07, 6.45) is 0. The van der Waals surface area contributed by atoms with E-state index in [1.807, 2.05) is 0 Å². The maximum atomic E-state index is 11.8. The highest BCUT2D eigenvalue weighted by molar-refractivity contribution is 5.79. The fourth-order valence-electron chi connectivity index (χ4n) is 2.13. The van der Waals surface area contributed by atoms with Crippen molar-refractivity contribution in [3.05, 3.63) is 44.7 Å². The first-order valence-electron chi connectivity index (χ1n) is 5.71. The van der Waals surface area contributed by atoms with Crippen LogP contribution < -0.4 is 17.0 Å². The minimum absolute atomic E-state index is 0.144. The van der Waals surface area contributed by atoms with E-state index in [1.165, 1.54) is 4.68 Å². The molecule has 0 amide bonds. The number of rotatable bonds is 2. The topological polar surface area (TPSA) is 110 Å². The zero-order valence-corrected chi connectivity index (χ0v) is 10.2. The third kappa shape index (κ3) is 1.71. The summed E-state index contributed by atoms with van der Waals surface area (Å²) in [6, 6.07) is 5.18. The van der Waals surface area contributed by atoms with Gasteiger partial charge in [-0.2, -0.15) is 0 Å². The molecule has 2 heterocycles. The number of hydrogen-bond acceptors (Lipinski definition) is 4. The number of H-pyrrole nitrogens is 2. The second-order valence-electron chi connectivity index (χ2n) is 4.26. The van der Waals surface area contributed by atoms with Gasteiger partial charge in [0.15, 0.2) is 5.58 Å². The third-order valence-corrected chi connectivity index (χ3v) is 3.06. The van der Waals surface area contributed by atoms with Crippen LogP contribution in [-0.4, -0.2) is 14.8 Å². The molecule has 7 heteroatoms. The molecule has 19 heavy (non-hydrogen) atoms. The van der Waals surface area contributed by atoms with Gasteiger partial charge in [-0.15, -0.1) is 0 Å². The highest BCUT2D eigenvalue weighted by atomic mass is 16.4. The molecule has 0 radical (unpaired) electrons. The zero-order valence-electron chi connectivity index (χ0n) is 10.2. The van der Waals surface area contributed by atoms with Crippen molar-refractivity contribution < 1.29 is 4.42 Å². The molecule has 0 bridgehead atoms. The van der Waals surface area contributed by atoms with Crippen LogP contribution in [0.4, 0.5) is 0 Å².